The second kappa shape index (κ2) is 10.7. The van der Waals surface area contributed by atoms with Gasteiger partial charge in [0, 0.05) is 75.9 Å². The van der Waals surface area contributed by atoms with Gasteiger partial charge in [0.05, 0.1) is 27.5 Å². The fourth-order valence-corrected chi connectivity index (χ4v) is 5.58. The third-order valence-electron chi connectivity index (χ3n) is 6.76. The van der Waals surface area contributed by atoms with Crippen molar-refractivity contribution >= 4 is 39.0 Å². The molecule has 2 fully saturated rings. The zero-order chi connectivity index (χ0) is 25.2. The first-order chi connectivity index (χ1) is 18.1. The molecule has 1 aromatic carbocycles. The lowest BCUT2D eigenvalue weighted by atomic mass is 10.2. The van der Waals surface area contributed by atoms with E-state index in [-0.39, 0.29) is 17.8 Å². The first-order valence-electron chi connectivity index (χ1n) is 12.7. The van der Waals surface area contributed by atoms with Crippen LogP contribution in [0, 0.1) is 5.82 Å². The number of fused-ring (bicyclic) bond motifs is 1. The molecule has 2 aliphatic heterocycles. The number of hydrogen-bond donors (Lipinski definition) is 3. The molecule has 11 heteroatoms. The summed E-state index contributed by atoms with van der Waals surface area (Å²) in [6, 6.07) is 8.11. The van der Waals surface area contributed by atoms with Crippen molar-refractivity contribution in [3.8, 4) is 11.5 Å². The Morgan fingerprint density at radius 3 is 2.78 bits per heavy atom. The number of pyridine rings is 1. The summed E-state index contributed by atoms with van der Waals surface area (Å²) in [6.45, 7) is 7.89. The van der Waals surface area contributed by atoms with Gasteiger partial charge in [-0.15, -0.1) is 11.3 Å². The summed E-state index contributed by atoms with van der Waals surface area (Å²) in [6.07, 6.45) is 3.64. The molecule has 3 N–H and O–H groups in total. The molecule has 2 aromatic heterocycles. The van der Waals surface area contributed by atoms with Crippen molar-refractivity contribution in [2.75, 3.05) is 57.8 Å². The molecule has 37 heavy (non-hydrogen) atoms. The summed E-state index contributed by atoms with van der Waals surface area (Å²) in [5.74, 6) is 0.0839. The van der Waals surface area contributed by atoms with E-state index in [2.05, 4.69) is 30.7 Å². The Labute approximate surface area is 218 Å². The van der Waals surface area contributed by atoms with E-state index < -0.39 is 5.82 Å². The van der Waals surface area contributed by atoms with Gasteiger partial charge in [-0.2, -0.15) is 0 Å². The van der Waals surface area contributed by atoms with Crippen molar-refractivity contribution in [1.29, 1.82) is 0 Å². The predicted octanol–water partition coefficient (Wildman–Crippen LogP) is 3.48. The fourth-order valence-electron chi connectivity index (χ4n) is 4.52. The quantitative estimate of drug-likeness (QED) is 0.419. The Hall–Kier alpha value is -3.12. The van der Waals surface area contributed by atoms with Crippen LogP contribution < -0.4 is 20.7 Å². The van der Waals surface area contributed by atoms with Crippen LogP contribution >= 0.6 is 11.3 Å². The zero-order valence-electron chi connectivity index (χ0n) is 20.5. The van der Waals surface area contributed by atoms with Crippen LogP contribution in [-0.2, 0) is 0 Å². The number of carbonyl (C=O) groups excluding carboxylic acids is 1. The van der Waals surface area contributed by atoms with Crippen molar-refractivity contribution in [1.82, 2.24) is 25.4 Å². The molecular formula is C26H30FN7O2S. The number of carbonyl (C=O) groups is 1. The van der Waals surface area contributed by atoms with Gasteiger partial charge < -0.3 is 20.7 Å². The Kier molecular flexibility index (Phi) is 7.01. The number of benzene rings is 1. The van der Waals surface area contributed by atoms with Crippen molar-refractivity contribution in [2.24, 2.45) is 4.99 Å². The number of hydrogen-bond acceptors (Lipinski definition) is 8. The number of amides is 2. The lowest BCUT2D eigenvalue weighted by molar-refractivity contribution is 0.206. The van der Waals surface area contributed by atoms with E-state index >= 15 is 0 Å². The molecule has 2 amide bonds. The Morgan fingerprint density at radius 2 is 1.97 bits per heavy atom. The molecule has 4 heterocycles. The highest BCUT2D eigenvalue weighted by molar-refractivity contribution is 7.21. The fraction of sp³-hybridized carbons (Fsp3) is 0.423. The zero-order valence-corrected chi connectivity index (χ0v) is 21.3. The summed E-state index contributed by atoms with van der Waals surface area (Å²) in [7, 11) is 0. The van der Waals surface area contributed by atoms with Crippen LogP contribution in [0.3, 0.4) is 0 Å². The number of anilines is 1. The highest BCUT2D eigenvalue weighted by atomic mass is 32.1. The van der Waals surface area contributed by atoms with Crippen molar-refractivity contribution < 1.29 is 13.9 Å². The molecule has 3 aliphatic rings. The van der Waals surface area contributed by atoms with Crippen molar-refractivity contribution in [3.05, 3.63) is 47.2 Å². The van der Waals surface area contributed by atoms with Gasteiger partial charge in [0.15, 0.2) is 11.6 Å². The molecular weight excluding hydrogens is 493 g/mol. The number of aliphatic imine (C=N–C) groups is 1. The van der Waals surface area contributed by atoms with Crippen LogP contribution in [-0.4, -0.2) is 85.1 Å². The molecule has 3 aromatic rings. The SMILES string of the molecule is O=C(Nc1ccc(Oc2ccnc3cc(C4=NCN(CCN5CCNCC5)C4)sc23)c(F)c1)NC1CC1. The van der Waals surface area contributed by atoms with Gasteiger partial charge in [0.1, 0.15) is 5.75 Å². The van der Waals surface area contributed by atoms with Gasteiger partial charge in [-0.05, 0) is 31.0 Å². The van der Waals surface area contributed by atoms with E-state index in [4.69, 9.17) is 9.73 Å². The third kappa shape index (κ3) is 5.90. The maximum absolute atomic E-state index is 14.8. The molecule has 0 bridgehead atoms. The van der Waals surface area contributed by atoms with Gasteiger partial charge >= 0.3 is 6.03 Å². The van der Waals surface area contributed by atoms with E-state index in [0.29, 0.717) is 18.1 Å². The molecule has 0 radical (unpaired) electrons. The minimum absolute atomic E-state index is 0.0906. The average Bonchev–Trinajstić information content (AvgIpc) is 3.39. The molecule has 194 valence electrons. The number of thiophene rings is 1. The average molecular weight is 524 g/mol. The number of ether oxygens (including phenoxy) is 1. The number of urea groups is 1. The summed E-state index contributed by atoms with van der Waals surface area (Å²) < 4.78 is 21.6. The van der Waals surface area contributed by atoms with Gasteiger partial charge in [-0.25, -0.2) is 9.18 Å². The van der Waals surface area contributed by atoms with E-state index in [1.807, 2.05) is 6.07 Å². The number of aromatic nitrogens is 1. The Morgan fingerprint density at radius 1 is 1.14 bits per heavy atom. The second-order valence-corrected chi connectivity index (χ2v) is 10.7. The molecule has 0 spiro atoms. The van der Waals surface area contributed by atoms with Gasteiger partial charge in [-0.1, -0.05) is 0 Å². The van der Waals surface area contributed by atoms with Crippen LogP contribution in [0.2, 0.25) is 0 Å². The highest BCUT2D eigenvalue weighted by Crippen LogP contribution is 2.36. The van der Waals surface area contributed by atoms with E-state index in [9.17, 15) is 9.18 Å². The monoisotopic (exact) mass is 523 g/mol. The standard InChI is InChI=1S/C26H30FN7O2S/c27-19-13-18(32-26(35)31-17-1-2-17)3-4-22(19)36-23-5-6-29-20-14-24(37-25(20)23)21-15-34(16-30-21)12-11-33-9-7-28-8-10-33/h3-6,13-14,17,28H,1-2,7-12,15-16H2,(H2,31,32,35). The normalized spacial score (nSPS) is 18.7. The molecule has 6 rings (SSSR count). The van der Waals surface area contributed by atoms with Crippen molar-refractivity contribution in [3.63, 3.8) is 0 Å². The van der Waals surface area contributed by atoms with Crippen LogP contribution in [0.1, 0.15) is 17.7 Å². The molecule has 0 unspecified atom stereocenters. The maximum Gasteiger partial charge on any atom is 0.319 e. The van der Waals surface area contributed by atoms with Crippen LogP contribution in [0.5, 0.6) is 11.5 Å². The Bertz CT molecular complexity index is 1320. The smallest absolute Gasteiger partial charge is 0.319 e. The minimum atomic E-state index is -0.550. The largest absolute Gasteiger partial charge is 0.453 e. The first-order valence-corrected chi connectivity index (χ1v) is 13.5. The van der Waals surface area contributed by atoms with Gasteiger partial charge in [0.25, 0.3) is 0 Å². The maximum atomic E-state index is 14.8. The molecule has 0 atom stereocenters. The van der Waals surface area contributed by atoms with Gasteiger partial charge in [0.2, 0.25) is 0 Å². The number of nitrogens with one attached hydrogen (secondary N) is 3. The lowest BCUT2D eigenvalue weighted by Gasteiger charge is -2.28. The van der Waals surface area contributed by atoms with Crippen LogP contribution in [0.25, 0.3) is 10.2 Å². The number of piperazine rings is 1. The summed E-state index contributed by atoms with van der Waals surface area (Å²) in [5.41, 5.74) is 2.23. The van der Waals surface area contributed by atoms with E-state index in [1.54, 1.807) is 29.7 Å². The lowest BCUT2D eigenvalue weighted by Crippen LogP contribution is -2.46. The second-order valence-electron chi connectivity index (χ2n) is 9.64. The van der Waals surface area contributed by atoms with Gasteiger partial charge in [-0.3, -0.25) is 19.8 Å². The molecule has 9 nitrogen and oxygen atoms in total. The van der Waals surface area contributed by atoms with Crippen LogP contribution in [0.4, 0.5) is 14.9 Å². The number of rotatable bonds is 8. The number of nitrogens with zero attached hydrogens (tertiary/aromatic N) is 4. The highest BCUT2D eigenvalue weighted by Gasteiger charge is 2.24. The number of halogens is 1. The summed E-state index contributed by atoms with van der Waals surface area (Å²) in [5, 5.41) is 8.88. The minimum Gasteiger partial charge on any atom is -0.453 e. The summed E-state index contributed by atoms with van der Waals surface area (Å²) in [4.78, 5) is 27.1. The molecule has 1 aliphatic carbocycles. The predicted molar refractivity (Wildman–Crippen MR) is 144 cm³/mol. The van der Waals surface area contributed by atoms with E-state index in [0.717, 1.165) is 79.5 Å². The van der Waals surface area contributed by atoms with Crippen LogP contribution in [0.15, 0.2) is 41.5 Å². The topological polar surface area (TPSA) is 94.1 Å². The molecule has 1 saturated heterocycles. The first kappa shape index (κ1) is 24.2. The van der Waals surface area contributed by atoms with E-state index in [1.165, 1.54) is 12.1 Å². The third-order valence-corrected chi connectivity index (χ3v) is 7.95. The summed E-state index contributed by atoms with van der Waals surface area (Å²) >= 11 is 1.57. The van der Waals surface area contributed by atoms with Crippen molar-refractivity contribution in [2.45, 2.75) is 18.9 Å². The Balaban J connectivity index is 1.11. The molecule has 1 saturated carbocycles.